The van der Waals surface area contributed by atoms with Crippen LogP contribution >= 0.6 is 0 Å². The number of likely N-dealkylation sites (tertiary alicyclic amines) is 1. The molecule has 0 aromatic carbocycles. The summed E-state index contributed by atoms with van der Waals surface area (Å²) in [7, 11) is 1.75. The lowest BCUT2D eigenvalue weighted by Gasteiger charge is -2.45. The van der Waals surface area contributed by atoms with E-state index in [0.29, 0.717) is 13.1 Å². The molecule has 1 saturated heterocycles. The number of hydrogen-bond donors (Lipinski definition) is 2. The quantitative estimate of drug-likeness (QED) is 0.572. The monoisotopic (exact) mass is 172 g/mol. The molecule has 1 unspecified atom stereocenters. The van der Waals surface area contributed by atoms with Crippen molar-refractivity contribution in [3.8, 4) is 0 Å². The molecule has 1 atom stereocenters. The first kappa shape index (κ1) is 9.48. The van der Waals surface area contributed by atoms with Crippen LogP contribution in [0.5, 0.6) is 0 Å². The molecule has 0 radical (unpaired) electrons. The third-order valence-corrected chi connectivity index (χ3v) is 2.18. The minimum atomic E-state index is -0.664. The second-order valence-corrected chi connectivity index (χ2v) is 3.70. The van der Waals surface area contributed by atoms with E-state index in [9.17, 15) is 9.90 Å². The summed E-state index contributed by atoms with van der Waals surface area (Å²) in [4.78, 5) is 13.1. The Kier molecular flexibility index (Phi) is 2.39. The van der Waals surface area contributed by atoms with Crippen molar-refractivity contribution in [3.05, 3.63) is 0 Å². The molecule has 0 aromatic heterocycles. The lowest BCUT2D eigenvalue weighted by Crippen LogP contribution is -2.64. The lowest BCUT2D eigenvalue weighted by atomic mass is 9.96. The highest BCUT2D eigenvalue weighted by atomic mass is 16.3. The number of amides is 1. The molecular formula is C8H16N2O2. The van der Waals surface area contributed by atoms with Crippen molar-refractivity contribution in [1.82, 2.24) is 10.2 Å². The van der Waals surface area contributed by atoms with Crippen LogP contribution in [0.3, 0.4) is 0 Å². The van der Waals surface area contributed by atoms with Crippen LogP contribution in [0.15, 0.2) is 0 Å². The zero-order valence-electron chi connectivity index (χ0n) is 7.79. The maximum atomic E-state index is 11.4. The van der Waals surface area contributed by atoms with Gasteiger partial charge < -0.3 is 15.3 Å². The van der Waals surface area contributed by atoms with Crippen molar-refractivity contribution >= 4 is 5.91 Å². The zero-order valence-corrected chi connectivity index (χ0v) is 7.79. The van der Waals surface area contributed by atoms with E-state index in [1.807, 2.05) is 6.92 Å². The fraction of sp³-hybridized carbons (Fsp3) is 0.875. The topological polar surface area (TPSA) is 52.6 Å². The summed E-state index contributed by atoms with van der Waals surface area (Å²) in [6.07, 6.45) is 0. The average molecular weight is 172 g/mol. The summed E-state index contributed by atoms with van der Waals surface area (Å²) in [5.74, 6) is 0.0593. The molecule has 2 N–H and O–H groups in total. The molecule has 0 spiro atoms. The van der Waals surface area contributed by atoms with Gasteiger partial charge in [0.25, 0.3) is 0 Å². The highest BCUT2D eigenvalue weighted by molar-refractivity contribution is 5.82. The Morgan fingerprint density at radius 2 is 2.17 bits per heavy atom. The van der Waals surface area contributed by atoms with Gasteiger partial charge in [-0.25, -0.2) is 0 Å². The number of nitrogens with zero attached hydrogens (tertiary/aromatic N) is 1. The van der Waals surface area contributed by atoms with Crippen molar-refractivity contribution < 1.29 is 9.90 Å². The minimum Gasteiger partial charge on any atom is -0.386 e. The molecule has 1 heterocycles. The highest BCUT2D eigenvalue weighted by Crippen LogP contribution is 2.20. The summed E-state index contributed by atoms with van der Waals surface area (Å²) in [6, 6.07) is -0.152. The van der Waals surface area contributed by atoms with Gasteiger partial charge in [0.05, 0.1) is 24.7 Å². The van der Waals surface area contributed by atoms with Crippen LogP contribution in [0.1, 0.15) is 13.8 Å². The first-order valence-electron chi connectivity index (χ1n) is 4.15. The Morgan fingerprint density at radius 3 is 2.50 bits per heavy atom. The molecule has 0 aliphatic carbocycles. The van der Waals surface area contributed by atoms with Crippen molar-refractivity contribution in [1.29, 1.82) is 0 Å². The predicted molar refractivity (Wildman–Crippen MR) is 45.7 cm³/mol. The van der Waals surface area contributed by atoms with Gasteiger partial charge in [-0.05, 0) is 20.9 Å². The maximum Gasteiger partial charge on any atom is 0.239 e. The minimum absolute atomic E-state index is 0.0593. The number of carbonyl (C=O) groups is 1. The number of nitrogens with one attached hydrogen (secondary N) is 1. The second kappa shape index (κ2) is 3.03. The van der Waals surface area contributed by atoms with Crippen LogP contribution in [0, 0.1) is 0 Å². The third-order valence-electron chi connectivity index (χ3n) is 2.18. The van der Waals surface area contributed by atoms with E-state index in [1.54, 1.807) is 18.9 Å². The third kappa shape index (κ3) is 1.76. The van der Waals surface area contributed by atoms with Crippen LogP contribution in [0.25, 0.3) is 0 Å². The maximum absolute atomic E-state index is 11.4. The Balaban J connectivity index is 2.38. The van der Waals surface area contributed by atoms with E-state index in [1.165, 1.54) is 0 Å². The zero-order chi connectivity index (χ0) is 9.35. The van der Waals surface area contributed by atoms with Crippen LogP contribution in [-0.4, -0.2) is 47.7 Å². The summed E-state index contributed by atoms with van der Waals surface area (Å²) in [6.45, 7) is 4.46. The molecule has 1 aliphatic rings. The number of β-amino-alcohol motifs (C(OH)–C–C–N with tert-alkyl or cyclic N) is 1. The molecule has 0 bridgehead atoms. The van der Waals surface area contributed by atoms with E-state index in [2.05, 4.69) is 5.32 Å². The number of carbonyl (C=O) groups excluding carboxylic acids is 1. The van der Waals surface area contributed by atoms with E-state index in [4.69, 9.17) is 0 Å². The normalized spacial score (nSPS) is 23.2. The van der Waals surface area contributed by atoms with E-state index >= 15 is 0 Å². The van der Waals surface area contributed by atoms with Gasteiger partial charge in [0.1, 0.15) is 0 Å². The Hall–Kier alpha value is -0.610. The number of hydrogen-bond acceptors (Lipinski definition) is 3. The summed E-state index contributed by atoms with van der Waals surface area (Å²) >= 11 is 0. The van der Waals surface area contributed by atoms with E-state index < -0.39 is 5.60 Å². The lowest BCUT2D eigenvalue weighted by molar-refractivity contribution is -0.153. The van der Waals surface area contributed by atoms with Gasteiger partial charge in [0.2, 0.25) is 5.91 Å². The van der Waals surface area contributed by atoms with Crippen LogP contribution in [-0.2, 0) is 4.79 Å². The first-order valence-corrected chi connectivity index (χ1v) is 4.15. The standard InChI is InChI=1S/C8H16N2O2/c1-6(9-3)7(11)10-4-8(2,12)5-10/h6,9,12H,4-5H2,1-3H3. The highest BCUT2D eigenvalue weighted by Gasteiger charge is 2.40. The number of likely N-dealkylation sites (N-methyl/N-ethyl adjacent to an activating group) is 1. The van der Waals surface area contributed by atoms with Gasteiger partial charge in [-0.3, -0.25) is 4.79 Å². The van der Waals surface area contributed by atoms with Gasteiger partial charge in [0, 0.05) is 0 Å². The SMILES string of the molecule is CNC(C)C(=O)N1CC(C)(O)C1. The predicted octanol–water partition coefficient (Wildman–Crippen LogP) is -0.813. The van der Waals surface area contributed by atoms with Gasteiger partial charge in [-0.1, -0.05) is 0 Å². The van der Waals surface area contributed by atoms with Crippen LogP contribution in [0.2, 0.25) is 0 Å². The van der Waals surface area contributed by atoms with Gasteiger partial charge in [-0.15, -0.1) is 0 Å². The van der Waals surface area contributed by atoms with E-state index in [0.717, 1.165) is 0 Å². The summed E-state index contributed by atoms with van der Waals surface area (Å²) < 4.78 is 0. The van der Waals surface area contributed by atoms with Crippen LogP contribution < -0.4 is 5.32 Å². The molecule has 12 heavy (non-hydrogen) atoms. The molecule has 1 rings (SSSR count). The fourth-order valence-corrected chi connectivity index (χ4v) is 1.33. The molecule has 1 amide bonds. The summed E-state index contributed by atoms with van der Waals surface area (Å²) in [5.41, 5.74) is -0.664. The molecular weight excluding hydrogens is 156 g/mol. The average Bonchev–Trinajstić information content (AvgIpc) is 1.97. The van der Waals surface area contributed by atoms with Crippen molar-refractivity contribution in [2.24, 2.45) is 0 Å². The van der Waals surface area contributed by atoms with Crippen molar-refractivity contribution in [2.75, 3.05) is 20.1 Å². The van der Waals surface area contributed by atoms with Gasteiger partial charge in [0.15, 0.2) is 0 Å². The second-order valence-electron chi connectivity index (χ2n) is 3.70. The Bertz CT molecular complexity index is 183. The molecule has 4 heteroatoms. The Labute approximate surface area is 72.6 Å². The van der Waals surface area contributed by atoms with Crippen LogP contribution in [0.4, 0.5) is 0 Å². The van der Waals surface area contributed by atoms with E-state index in [-0.39, 0.29) is 11.9 Å². The Morgan fingerprint density at radius 1 is 1.67 bits per heavy atom. The molecule has 1 fully saturated rings. The smallest absolute Gasteiger partial charge is 0.239 e. The molecule has 70 valence electrons. The number of aliphatic hydroxyl groups is 1. The van der Waals surface area contributed by atoms with Gasteiger partial charge in [-0.2, -0.15) is 0 Å². The first-order chi connectivity index (χ1) is 5.46. The van der Waals surface area contributed by atoms with Crippen molar-refractivity contribution in [2.45, 2.75) is 25.5 Å². The largest absolute Gasteiger partial charge is 0.386 e. The number of rotatable bonds is 2. The molecule has 4 nitrogen and oxygen atoms in total. The summed E-state index contributed by atoms with van der Waals surface area (Å²) in [5, 5.41) is 12.2. The fourth-order valence-electron chi connectivity index (χ4n) is 1.33. The van der Waals surface area contributed by atoms with Crippen molar-refractivity contribution in [3.63, 3.8) is 0 Å². The molecule has 1 aliphatic heterocycles. The molecule has 0 aromatic rings. The van der Waals surface area contributed by atoms with Gasteiger partial charge >= 0.3 is 0 Å². The molecule has 0 saturated carbocycles.